The fourth-order valence-electron chi connectivity index (χ4n) is 4.03. The Morgan fingerprint density at radius 1 is 0.857 bits per heavy atom. The van der Waals surface area contributed by atoms with Crippen LogP contribution in [0.15, 0.2) is 52.3 Å². The summed E-state index contributed by atoms with van der Waals surface area (Å²) in [4.78, 5) is 8.54. The first-order chi connectivity index (χ1) is 13.7. The Bertz CT molecular complexity index is 853. The third-order valence-corrected chi connectivity index (χ3v) is 7.02. The summed E-state index contributed by atoms with van der Waals surface area (Å²) in [5.41, 5.74) is 1.80. The summed E-state index contributed by atoms with van der Waals surface area (Å²) in [6, 6.07) is 12.9. The molecule has 150 valence electrons. The first-order valence-electron chi connectivity index (χ1n) is 9.84. The van der Waals surface area contributed by atoms with Crippen LogP contribution in [0.4, 0.5) is 11.4 Å². The number of anilines is 2. The summed E-state index contributed by atoms with van der Waals surface area (Å²) >= 11 is 0. The number of aliphatic hydroxyl groups excluding tert-OH is 1. The van der Waals surface area contributed by atoms with Crippen LogP contribution in [-0.4, -0.2) is 76.6 Å². The van der Waals surface area contributed by atoms with Crippen LogP contribution >= 0.6 is 0 Å². The predicted molar refractivity (Wildman–Crippen MR) is 111 cm³/mol. The molecule has 0 bridgehead atoms. The molecule has 1 atom stereocenters. The van der Waals surface area contributed by atoms with Crippen molar-refractivity contribution in [2.75, 3.05) is 57.3 Å². The molecule has 2 aromatic rings. The Morgan fingerprint density at radius 3 is 2.29 bits per heavy atom. The van der Waals surface area contributed by atoms with Gasteiger partial charge in [-0.2, -0.15) is 0 Å². The number of para-hydroxylation sites is 1. The highest BCUT2D eigenvalue weighted by atomic mass is 32.2. The third-order valence-electron chi connectivity index (χ3n) is 5.53. The Labute approximate surface area is 168 Å². The van der Waals surface area contributed by atoms with Crippen LogP contribution in [-0.2, 0) is 10.8 Å². The second-order valence-electron chi connectivity index (χ2n) is 7.30. The molecule has 1 fully saturated rings. The van der Waals surface area contributed by atoms with Crippen molar-refractivity contribution in [2.45, 2.75) is 16.2 Å². The Morgan fingerprint density at radius 2 is 1.54 bits per heavy atom. The molecule has 1 saturated heterocycles. The van der Waals surface area contributed by atoms with Crippen LogP contribution in [0.5, 0.6) is 5.75 Å². The smallest absolute Gasteiger partial charge is 0.117 e. The number of benzene rings is 2. The van der Waals surface area contributed by atoms with Crippen LogP contribution in [0.1, 0.15) is 6.42 Å². The molecule has 4 rings (SSSR count). The Kier molecular flexibility index (Phi) is 5.96. The molecular weight excluding hydrogens is 374 g/mol. The maximum absolute atomic E-state index is 12.9. The standard InChI is InChI=1S/C21H27N3O3S/c25-15-14-23-12-10-22(11-13-23)8-3-9-24-18-4-1-2-5-20(18)28(27)21-7-6-17(26)16-19(21)24/h1-2,4-7,16,25-26H,3,8-15H2. The van der Waals surface area contributed by atoms with Crippen molar-refractivity contribution in [1.29, 1.82) is 0 Å². The Hall–Kier alpha value is -1.93. The van der Waals surface area contributed by atoms with Gasteiger partial charge in [0.2, 0.25) is 0 Å². The zero-order valence-electron chi connectivity index (χ0n) is 16.0. The summed E-state index contributed by atoms with van der Waals surface area (Å²) < 4.78 is 12.9. The summed E-state index contributed by atoms with van der Waals surface area (Å²) in [5, 5.41) is 19.0. The minimum atomic E-state index is -1.22. The monoisotopic (exact) mass is 401 g/mol. The van der Waals surface area contributed by atoms with Gasteiger partial charge in [0.05, 0.1) is 38.6 Å². The van der Waals surface area contributed by atoms with Gasteiger partial charge in [-0.15, -0.1) is 0 Å². The second kappa shape index (κ2) is 8.61. The number of fused-ring (bicyclic) bond motifs is 2. The molecular formula is C21H27N3O3S. The SMILES string of the molecule is O=S1c2ccccc2N(CCCN2CCN(CCO)CC2)c2cc(O)ccc21. The van der Waals surface area contributed by atoms with Crippen LogP contribution in [0, 0.1) is 0 Å². The van der Waals surface area contributed by atoms with Crippen molar-refractivity contribution in [3.8, 4) is 5.75 Å². The molecule has 2 heterocycles. The Balaban J connectivity index is 1.45. The van der Waals surface area contributed by atoms with E-state index in [1.807, 2.05) is 24.3 Å². The molecule has 0 spiro atoms. The predicted octanol–water partition coefficient (Wildman–Crippen LogP) is 2.01. The number of rotatable bonds is 6. The van der Waals surface area contributed by atoms with E-state index in [0.717, 1.165) is 73.4 Å². The van der Waals surface area contributed by atoms with Crippen LogP contribution in [0.2, 0.25) is 0 Å². The molecule has 28 heavy (non-hydrogen) atoms. The van der Waals surface area contributed by atoms with Gasteiger partial charge in [-0.05, 0) is 37.2 Å². The maximum atomic E-state index is 12.9. The minimum Gasteiger partial charge on any atom is -0.508 e. The second-order valence-corrected chi connectivity index (χ2v) is 8.72. The number of aromatic hydroxyl groups is 1. The number of hydrogen-bond acceptors (Lipinski definition) is 6. The van der Waals surface area contributed by atoms with E-state index in [9.17, 15) is 9.32 Å². The van der Waals surface area contributed by atoms with E-state index in [4.69, 9.17) is 5.11 Å². The fourth-order valence-corrected chi connectivity index (χ4v) is 5.39. The number of β-amino-alcohol motifs (C(OH)–C–C–N with tert-alkyl or cyclic N) is 1. The highest BCUT2D eigenvalue weighted by Gasteiger charge is 2.28. The van der Waals surface area contributed by atoms with Crippen LogP contribution in [0.25, 0.3) is 0 Å². The highest BCUT2D eigenvalue weighted by molar-refractivity contribution is 7.85. The van der Waals surface area contributed by atoms with Gasteiger partial charge in [0.15, 0.2) is 0 Å². The highest BCUT2D eigenvalue weighted by Crippen LogP contribution is 2.43. The largest absolute Gasteiger partial charge is 0.508 e. The third kappa shape index (κ3) is 3.93. The number of aliphatic hydroxyl groups is 1. The van der Waals surface area contributed by atoms with E-state index in [0.29, 0.717) is 0 Å². The average molecular weight is 402 g/mol. The van der Waals surface area contributed by atoms with Gasteiger partial charge >= 0.3 is 0 Å². The lowest BCUT2D eigenvalue weighted by molar-refractivity contribution is 0.112. The lowest BCUT2D eigenvalue weighted by Crippen LogP contribution is -2.47. The number of phenols is 1. The summed E-state index contributed by atoms with van der Waals surface area (Å²) in [6.07, 6.45) is 0.982. The van der Waals surface area contributed by atoms with E-state index >= 15 is 0 Å². The number of nitrogens with zero attached hydrogens (tertiary/aromatic N) is 3. The van der Waals surface area contributed by atoms with Crippen molar-refractivity contribution in [2.24, 2.45) is 0 Å². The normalized spacial score (nSPS) is 20.0. The molecule has 0 aromatic heterocycles. The lowest BCUT2D eigenvalue weighted by Gasteiger charge is -2.36. The molecule has 6 nitrogen and oxygen atoms in total. The van der Waals surface area contributed by atoms with Gasteiger partial charge in [-0.25, -0.2) is 4.21 Å². The van der Waals surface area contributed by atoms with Crippen molar-refractivity contribution in [3.63, 3.8) is 0 Å². The molecule has 2 aromatic carbocycles. The van der Waals surface area contributed by atoms with Crippen LogP contribution < -0.4 is 4.90 Å². The van der Waals surface area contributed by atoms with Crippen molar-refractivity contribution >= 4 is 22.2 Å². The molecule has 0 amide bonds. The number of piperazine rings is 1. The van der Waals surface area contributed by atoms with Crippen LogP contribution in [0.3, 0.4) is 0 Å². The van der Waals surface area contributed by atoms with Crippen molar-refractivity contribution in [1.82, 2.24) is 9.80 Å². The summed E-state index contributed by atoms with van der Waals surface area (Å²) in [5.74, 6) is 0.195. The lowest BCUT2D eigenvalue weighted by atomic mass is 10.2. The minimum absolute atomic E-state index is 0.195. The van der Waals surface area contributed by atoms with E-state index in [-0.39, 0.29) is 12.4 Å². The zero-order chi connectivity index (χ0) is 19.5. The molecule has 0 radical (unpaired) electrons. The fraction of sp³-hybridized carbons (Fsp3) is 0.429. The molecule has 2 aliphatic heterocycles. The molecule has 7 heteroatoms. The first kappa shape index (κ1) is 19.4. The zero-order valence-corrected chi connectivity index (χ0v) is 16.8. The van der Waals surface area contributed by atoms with Crippen molar-refractivity contribution in [3.05, 3.63) is 42.5 Å². The molecule has 2 N–H and O–H groups in total. The van der Waals surface area contributed by atoms with E-state index < -0.39 is 10.8 Å². The molecule has 2 aliphatic rings. The van der Waals surface area contributed by atoms with Crippen molar-refractivity contribution < 1.29 is 14.4 Å². The molecule has 0 aliphatic carbocycles. The van der Waals surface area contributed by atoms with E-state index in [2.05, 4.69) is 14.7 Å². The first-order valence-corrected chi connectivity index (χ1v) is 11.0. The molecule has 1 unspecified atom stereocenters. The number of phenolic OH excluding ortho intramolecular Hbond substituents is 1. The molecule has 0 saturated carbocycles. The van der Waals surface area contributed by atoms with Gasteiger partial charge in [0, 0.05) is 45.3 Å². The van der Waals surface area contributed by atoms with Gasteiger partial charge in [0.25, 0.3) is 0 Å². The quantitative estimate of drug-likeness (QED) is 0.772. The maximum Gasteiger partial charge on any atom is 0.117 e. The summed E-state index contributed by atoms with van der Waals surface area (Å²) in [7, 11) is -1.22. The van der Waals surface area contributed by atoms with E-state index in [1.165, 1.54) is 0 Å². The van der Waals surface area contributed by atoms with Gasteiger partial charge in [-0.1, -0.05) is 12.1 Å². The van der Waals surface area contributed by atoms with E-state index in [1.54, 1.807) is 18.2 Å². The average Bonchev–Trinajstić information content (AvgIpc) is 2.72. The summed E-state index contributed by atoms with van der Waals surface area (Å²) in [6.45, 7) is 6.85. The topological polar surface area (TPSA) is 67.3 Å². The van der Waals surface area contributed by atoms with Gasteiger partial charge < -0.3 is 20.0 Å². The van der Waals surface area contributed by atoms with Gasteiger partial charge in [-0.3, -0.25) is 4.90 Å². The number of hydrogen-bond donors (Lipinski definition) is 2. The van der Waals surface area contributed by atoms with Gasteiger partial charge in [0.1, 0.15) is 5.75 Å².